The van der Waals surface area contributed by atoms with Gasteiger partial charge in [0.1, 0.15) is 0 Å². The minimum absolute atomic E-state index is 0.606. The second-order valence-corrected chi connectivity index (χ2v) is 3.57. The largest absolute Gasteiger partial charge is 0.319 e. The molecular formula is C11H11Cl2N. The van der Waals surface area contributed by atoms with Gasteiger partial charge < -0.3 is 5.32 Å². The first-order chi connectivity index (χ1) is 6.75. The van der Waals surface area contributed by atoms with Crippen LogP contribution >= 0.6 is 23.2 Å². The zero-order valence-electron chi connectivity index (χ0n) is 7.90. The first-order valence-corrected chi connectivity index (χ1v) is 5.09. The lowest BCUT2D eigenvalue weighted by atomic mass is 10.2. The third-order valence-corrected chi connectivity index (χ3v) is 2.31. The Morgan fingerprint density at radius 3 is 2.50 bits per heavy atom. The van der Waals surface area contributed by atoms with Gasteiger partial charge in [-0.05, 0) is 19.2 Å². The van der Waals surface area contributed by atoms with Crippen molar-refractivity contribution < 1.29 is 0 Å². The highest BCUT2D eigenvalue weighted by molar-refractivity contribution is 6.36. The van der Waals surface area contributed by atoms with Crippen molar-refractivity contribution in [2.45, 2.75) is 6.42 Å². The van der Waals surface area contributed by atoms with Crippen molar-refractivity contribution in [1.29, 1.82) is 0 Å². The van der Waals surface area contributed by atoms with Gasteiger partial charge in [-0.2, -0.15) is 0 Å². The summed E-state index contributed by atoms with van der Waals surface area (Å²) in [5.74, 6) is 5.96. The van der Waals surface area contributed by atoms with Crippen molar-refractivity contribution in [3.8, 4) is 11.8 Å². The molecule has 0 spiro atoms. The second-order valence-electron chi connectivity index (χ2n) is 2.75. The Bertz CT molecular complexity index is 343. The first-order valence-electron chi connectivity index (χ1n) is 4.33. The Morgan fingerprint density at radius 1 is 1.29 bits per heavy atom. The van der Waals surface area contributed by atoms with Crippen LogP contribution in [-0.2, 0) is 0 Å². The van der Waals surface area contributed by atoms with E-state index in [2.05, 4.69) is 17.2 Å². The lowest BCUT2D eigenvalue weighted by Crippen LogP contribution is -2.05. The summed E-state index contributed by atoms with van der Waals surface area (Å²) < 4.78 is 0. The van der Waals surface area contributed by atoms with E-state index in [9.17, 15) is 0 Å². The minimum Gasteiger partial charge on any atom is -0.319 e. The molecule has 0 aliphatic carbocycles. The number of benzene rings is 1. The summed E-state index contributed by atoms with van der Waals surface area (Å²) >= 11 is 11.9. The van der Waals surface area contributed by atoms with E-state index in [1.165, 1.54) is 0 Å². The van der Waals surface area contributed by atoms with Gasteiger partial charge in [0.2, 0.25) is 0 Å². The van der Waals surface area contributed by atoms with E-state index >= 15 is 0 Å². The normalized spacial score (nSPS) is 9.36. The Labute approximate surface area is 94.4 Å². The van der Waals surface area contributed by atoms with Crippen molar-refractivity contribution in [2.24, 2.45) is 0 Å². The molecule has 0 saturated carbocycles. The first kappa shape index (κ1) is 11.4. The molecule has 1 aromatic rings. The summed E-state index contributed by atoms with van der Waals surface area (Å²) in [6, 6.07) is 5.38. The van der Waals surface area contributed by atoms with Crippen molar-refractivity contribution >= 4 is 23.2 Å². The van der Waals surface area contributed by atoms with Crippen LogP contribution in [0, 0.1) is 11.8 Å². The number of hydrogen-bond donors (Lipinski definition) is 1. The van der Waals surface area contributed by atoms with Crippen molar-refractivity contribution in [3.63, 3.8) is 0 Å². The van der Waals surface area contributed by atoms with Crippen LogP contribution in [-0.4, -0.2) is 13.6 Å². The minimum atomic E-state index is 0.606. The topological polar surface area (TPSA) is 12.0 Å². The van der Waals surface area contributed by atoms with E-state index in [0.29, 0.717) is 15.6 Å². The molecule has 0 saturated heterocycles. The maximum absolute atomic E-state index is 5.94. The molecule has 0 aliphatic heterocycles. The average Bonchev–Trinajstić information content (AvgIpc) is 2.16. The summed E-state index contributed by atoms with van der Waals surface area (Å²) in [7, 11) is 1.89. The van der Waals surface area contributed by atoms with Gasteiger partial charge in [-0.25, -0.2) is 0 Å². The molecular weight excluding hydrogens is 217 g/mol. The van der Waals surface area contributed by atoms with E-state index < -0.39 is 0 Å². The van der Waals surface area contributed by atoms with Gasteiger partial charge in [0.05, 0.1) is 15.6 Å². The number of halogens is 2. The van der Waals surface area contributed by atoms with Crippen LogP contribution < -0.4 is 5.32 Å². The SMILES string of the molecule is CNCCC#Cc1c(Cl)cccc1Cl. The molecule has 74 valence electrons. The molecule has 0 fully saturated rings. The number of rotatable bonds is 2. The Hall–Kier alpha value is -0.680. The predicted octanol–water partition coefficient (Wildman–Crippen LogP) is 2.95. The summed E-state index contributed by atoms with van der Waals surface area (Å²) in [5, 5.41) is 4.23. The molecule has 1 nitrogen and oxygen atoms in total. The maximum atomic E-state index is 5.94. The molecule has 0 heterocycles. The zero-order valence-corrected chi connectivity index (χ0v) is 9.41. The Morgan fingerprint density at radius 2 is 1.93 bits per heavy atom. The molecule has 1 aromatic carbocycles. The zero-order chi connectivity index (χ0) is 10.4. The molecule has 0 amide bonds. The standard InChI is InChI=1S/C11H11Cl2N/c1-14-8-3-2-5-9-10(12)6-4-7-11(9)13/h4,6-7,14H,3,8H2,1H3. The van der Waals surface area contributed by atoms with E-state index in [-0.39, 0.29) is 0 Å². The number of nitrogens with one attached hydrogen (secondary N) is 1. The summed E-state index contributed by atoms with van der Waals surface area (Å²) in [5.41, 5.74) is 0.715. The molecule has 1 N–H and O–H groups in total. The lowest BCUT2D eigenvalue weighted by Gasteiger charge is -1.97. The predicted molar refractivity (Wildman–Crippen MR) is 61.9 cm³/mol. The molecule has 14 heavy (non-hydrogen) atoms. The maximum Gasteiger partial charge on any atom is 0.0617 e. The molecule has 0 radical (unpaired) electrons. The second kappa shape index (κ2) is 5.93. The summed E-state index contributed by atoms with van der Waals surface area (Å²) in [6.07, 6.45) is 0.790. The van der Waals surface area contributed by atoms with Gasteiger partial charge in [-0.3, -0.25) is 0 Å². The average molecular weight is 228 g/mol. The van der Waals surface area contributed by atoms with Gasteiger partial charge in [-0.15, -0.1) is 0 Å². The summed E-state index contributed by atoms with van der Waals surface area (Å²) in [4.78, 5) is 0. The smallest absolute Gasteiger partial charge is 0.0617 e. The van der Waals surface area contributed by atoms with Crippen LogP contribution in [0.1, 0.15) is 12.0 Å². The highest BCUT2D eigenvalue weighted by atomic mass is 35.5. The van der Waals surface area contributed by atoms with Crippen LogP contribution in [0.4, 0.5) is 0 Å². The number of hydrogen-bond acceptors (Lipinski definition) is 1. The highest BCUT2D eigenvalue weighted by Crippen LogP contribution is 2.22. The van der Waals surface area contributed by atoms with Gasteiger partial charge in [0.25, 0.3) is 0 Å². The van der Waals surface area contributed by atoms with Gasteiger partial charge in [0.15, 0.2) is 0 Å². The van der Waals surface area contributed by atoms with Crippen molar-refractivity contribution in [3.05, 3.63) is 33.8 Å². The summed E-state index contributed by atoms with van der Waals surface area (Å²) in [6.45, 7) is 0.870. The highest BCUT2D eigenvalue weighted by Gasteiger charge is 2.00. The molecule has 0 aliphatic rings. The molecule has 1 rings (SSSR count). The fourth-order valence-electron chi connectivity index (χ4n) is 0.956. The molecule has 3 heteroatoms. The lowest BCUT2D eigenvalue weighted by molar-refractivity contribution is 0.818. The quantitative estimate of drug-likeness (QED) is 0.606. The van der Waals surface area contributed by atoms with Crippen LogP contribution in [0.2, 0.25) is 10.0 Å². The molecule has 0 bridgehead atoms. The van der Waals surface area contributed by atoms with E-state index in [1.54, 1.807) is 12.1 Å². The van der Waals surface area contributed by atoms with Gasteiger partial charge in [-0.1, -0.05) is 41.1 Å². The molecule has 0 aromatic heterocycles. The van der Waals surface area contributed by atoms with E-state index in [4.69, 9.17) is 23.2 Å². The fraction of sp³-hybridized carbons (Fsp3) is 0.273. The van der Waals surface area contributed by atoms with Gasteiger partial charge in [0, 0.05) is 13.0 Å². The van der Waals surface area contributed by atoms with Crippen LogP contribution in [0.25, 0.3) is 0 Å². The Kier molecular flexibility index (Phi) is 4.82. The van der Waals surface area contributed by atoms with Crippen LogP contribution in [0.5, 0.6) is 0 Å². The Balaban J connectivity index is 2.78. The molecule has 0 atom stereocenters. The van der Waals surface area contributed by atoms with Crippen LogP contribution in [0.3, 0.4) is 0 Å². The molecule has 0 unspecified atom stereocenters. The third kappa shape index (κ3) is 3.23. The van der Waals surface area contributed by atoms with E-state index in [1.807, 2.05) is 13.1 Å². The van der Waals surface area contributed by atoms with E-state index in [0.717, 1.165) is 13.0 Å². The van der Waals surface area contributed by atoms with Crippen molar-refractivity contribution in [1.82, 2.24) is 5.32 Å². The monoisotopic (exact) mass is 227 g/mol. The third-order valence-electron chi connectivity index (χ3n) is 1.68. The fourth-order valence-corrected chi connectivity index (χ4v) is 1.45. The van der Waals surface area contributed by atoms with Crippen molar-refractivity contribution in [2.75, 3.05) is 13.6 Å². The van der Waals surface area contributed by atoms with Gasteiger partial charge >= 0.3 is 0 Å². The van der Waals surface area contributed by atoms with Crippen LogP contribution in [0.15, 0.2) is 18.2 Å².